The molecule has 0 spiro atoms. The summed E-state index contributed by atoms with van der Waals surface area (Å²) in [6, 6.07) is 13.4. The predicted octanol–water partition coefficient (Wildman–Crippen LogP) is 3.68. The fourth-order valence-electron chi connectivity index (χ4n) is 2.87. The molecule has 3 rings (SSSR count). The molecular formula is C20H20N2O3. The highest BCUT2D eigenvalue weighted by molar-refractivity contribution is 6.05. The van der Waals surface area contributed by atoms with Crippen LogP contribution in [0.5, 0.6) is 0 Å². The van der Waals surface area contributed by atoms with Gasteiger partial charge in [0.15, 0.2) is 0 Å². The second kappa shape index (κ2) is 6.81. The zero-order chi connectivity index (χ0) is 18.0. The molecule has 5 nitrogen and oxygen atoms in total. The van der Waals surface area contributed by atoms with Crippen molar-refractivity contribution in [3.8, 4) is 0 Å². The van der Waals surface area contributed by atoms with E-state index >= 15 is 0 Å². The summed E-state index contributed by atoms with van der Waals surface area (Å²) in [5, 5.41) is 3.71. The number of hydrogen-bond donors (Lipinski definition) is 1. The van der Waals surface area contributed by atoms with Gasteiger partial charge in [0.05, 0.1) is 12.7 Å². The zero-order valence-electron chi connectivity index (χ0n) is 14.5. The van der Waals surface area contributed by atoms with Crippen LogP contribution < -0.4 is 5.32 Å². The van der Waals surface area contributed by atoms with E-state index in [0.717, 1.165) is 27.7 Å². The number of hydrogen-bond acceptors (Lipinski definition) is 3. The predicted molar refractivity (Wildman–Crippen MR) is 97.8 cm³/mol. The molecule has 3 aromatic rings. The van der Waals surface area contributed by atoms with Crippen molar-refractivity contribution in [2.75, 3.05) is 12.4 Å². The van der Waals surface area contributed by atoms with Gasteiger partial charge in [-0.3, -0.25) is 4.79 Å². The molecule has 1 amide bonds. The Labute approximate surface area is 146 Å². The van der Waals surface area contributed by atoms with Crippen LogP contribution in [0.1, 0.15) is 21.5 Å². The molecule has 0 aliphatic rings. The van der Waals surface area contributed by atoms with E-state index in [0.29, 0.717) is 5.56 Å². The highest BCUT2D eigenvalue weighted by Crippen LogP contribution is 2.22. The average molecular weight is 336 g/mol. The number of benzene rings is 2. The van der Waals surface area contributed by atoms with Crippen LogP contribution in [-0.4, -0.2) is 23.6 Å². The number of ether oxygens (including phenoxy) is 1. The molecule has 1 N–H and O–H groups in total. The van der Waals surface area contributed by atoms with E-state index in [1.54, 1.807) is 10.8 Å². The van der Waals surface area contributed by atoms with E-state index in [4.69, 9.17) is 4.74 Å². The van der Waals surface area contributed by atoms with Crippen molar-refractivity contribution in [2.45, 2.75) is 20.4 Å². The molecule has 2 aromatic carbocycles. The van der Waals surface area contributed by atoms with Crippen molar-refractivity contribution in [3.05, 3.63) is 65.4 Å². The molecule has 0 radical (unpaired) electrons. The number of aryl methyl sites for hydroxylation is 2. The van der Waals surface area contributed by atoms with Gasteiger partial charge in [-0.2, -0.15) is 0 Å². The Hall–Kier alpha value is -3.08. The van der Waals surface area contributed by atoms with Gasteiger partial charge >= 0.3 is 5.97 Å². The summed E-state index contributed by atoms with van der Waals surface area (Å²) in [4.78, 5) is 24.5. The van der Waals surface area contributed by atoms with Gasteiger partial charge in [-0.15, -0.1) is 0 Å². The van der Waals surface area contributed by atoms with Gasteiger partial charge in [-0.1, -0.05) is 30.3 Å². The van der Waals surface area contributed by atoms with Crippen molar-refractivity contribution in [2.24, 2.45) is 0 Å². The maximum atomic E-state index is 12.5. The molecule has 5 heteroatoms. The Kier molecular flexibility index (Phi) is 4.57. The third kappa shape index (κ3) is 3.40. The lowest BCUT2D eigenvalue weighted by molar-refractivity contribution is -0.116. The number of esters is 1. The summed E-state index contributed by atoms with van der Waals surface area (Å²) in [5.41, 5.74) is 4.16. The largest absolute Gasteiger partial charge is 0.465 e. The van der Waals surface area contributed by atoms with Crippen LogP contribution in [0.4, 0.5) is 5.69 Å². The standard InChI is InChI=1S/C20H20N2O3/c1-13-8-9-14(2)17(10-13)21-19(23)12-22-11-16(20(24)25-3)15-6-4-5-7-18(15)22/h4-11H,12H2,1-3H3,(H,21,23). The molecule has 0 unspecified atom stereocenters. The monoisotopic (exact) mass is 336 g/mol. The van der Waals surface area contributed by atoms with E-state index in [1.807, 2.05) is 56.3 Å². The van der Waals surface area contributed by atoms with Gasteiger partial charge in [0.2, 0.25) is 5.91 Å². The lowest BCUT2D eigenvalue weighted by atomic mass is 10.1. The van der Waals surface area contributed by atoms with Crippen molar-refractivity contribution >= 4 is 28.5 Å². The summed E-state index contributed by atoms with van der Waals surface area (Å²) in [6.45, 7) is 4.05. The Bertz CT molecular complexity index is 957. The first-order valence-corrected chi connectivity index (χ1v) is 8.03. The molecular weight excluding hydrogens is 316 g/mol. The topological polar surface area (TPSA) is 60.3 Å². The van der Waals surface area contributed by atoms with Crippen LogP contribution in [0.25, 0.3) is 10.9 Å². The first kappa shape index (κ1) is 16.8. The number of amides is 1. The first-order valence-electron chi connectivity index (χ1n) is 8.03. The van der Waals surface area contributed by atoms with Crippen molar-refractivity contribution in [3.63, 3.8) is 0 Å². The number of nitrogens with one attached hydrogen (secondary N) is 1. The van der Waals surface area contributed by atoms with Crippen molar-refractivity contribution in [1.82, 2.24) is 4.57 Å². The SMILES string of the molecule is COC(=O)c1cn(CC(=O)Nc2cc(C)ccc2C)c2ccccc12. The van der Waals surface area contributed by atoms with Crippen LogP contribution in [-0.2, 0) is 16.1 Å². The Morgan fingerprint density at radius 1 is 1.12 bits per heavy atom. The molecule has 0 saturated heterocycles. The summed E-state index contributed by atoms with van der Waals surface area (Å²) < 4.78 is 6.60. The number of fused-ring (bicyclic) bond motifs is 1. The lowest BCUT2D eigenvalue weighted by Crippen LogP contribution is -2.19. The van der Waals surface area contributed by atoms with Crippen LogP contribution >= 0.6 is 0 Å². The summed E-state index contributed by atoms with van der Waals surface area (Å²) in [6.07, 6.45) is 1.67. The van der Waals surface area contributed by atoms with E-state index in [1.165, 1.54) is 7.11 Å². The number of anilines is 1. The van der Waals surface area contributed by atoms with Gasteiger partial charge in [-0.05, 0) is 37.1 Å². The van der Waals surface area contributed by atoms with Crippen LogP contribution in [0.15, 0.2) is 48.7 Å². The number of carbonyl (C=O) groups is 2. The molecule has 25 heavy (non-hydrogen) atoms. The van der Waals surface area contributed by atoms with Crippen molar-refractivity contribution < 1.29 is 14.3 Å². The minimum absolute atomic E-state index is 0.116. The smallest absolute Gasteiger partial charge is 0.340 e. The molecule has 128 valence electrons. The van der Waals surface area contributed by atoms with Crippen LogP contribution in [0, 0.1) is 13.8 Å². The molecule has 0 bridgehead atoms. The van der Waals surface area contributed by atoms with Crippen molar-refractivity contribution in [1.29, 1.82) is 0 Å². The quantitative estimate of drug-likeness (QED) is 0.739. The molecule has 0 atom stereocenters. The number of carbonyl (C=O) groups excluding carboxylic acids is 2. The molecule has 0 aliphatic carbocycles. The van der Waals surface area contributed by atoms with E-state index in [9.17, 15) is 9.59 Å². The molecule has 1 aromatic heterocycles. The van der Waals surface area contributed by atoms with E-state index < -0.39 is 5.97 Å². The van der Waals surface area contributed by atoms with Gasteiger partial charge < -0.3 is 14.6 Å². The summed E-state index contributed by atoms with van der Waals surface area (Å²) in [7, 11) is 1.35. The van der Waals surface area contributed by atoms with Crippen LogP contribution in [0.3, 0.4) is 0 Å². The highest BCUT2D eigenvalue weighted by atomic mass is 16.5. The first-order chi connectivity index (χ1) is 12.0. The Morgan fingerprint density at radius 2 is 1.88 bits per heavy atom. The number of rotatable bonds is 4. The van der Waals surface area contributed by atoms with E-state index in [-0.39, 0.29) is 12.5 Å². The third-order valence-electron chi connectivity index (χ3n) is 4.18. The van der Waals surface area contributed by atoms with Gasteiger partial charge in [0.1, 0.15) is 6.54 Å². The lowest BCUT2D eigenvalue weighted by Gasteiger charge is -2.10. The van der Waals surface area contributed by atoms with Gasteiger partial charge in [0, 0.05) is 22.8 Å². The second-order valence-electron chi connectivity index (χ2n) is 6.05. The van der Waals surface area contributed by atoms with E-state index in [2.05, 4.69) is 5.32 Å². The average Bonchev–Trinajstić information content (AvgIpc) is 2.96. The number of para-hydroxylation sites is 1. The third-order valence-corrected chi connectivity index (χ3v) is 4.18. The van der Waals surface area contributed by atoms with Gasteiger partial charge in [-0.25, -0.2) is 4.79 Å². The summed E-state index contributed by atoms with van der Waals surface area (Å²) in [5.74, 6) is -0.559. The Morgan fingerprint density at radius 3 is 2.64 bits per heavy atom. The number of nitrogens with zero attached hydrogens (tertiary/aromatic N) is 1. The molecule has 0 aliphatic heterocycles. The second-order valence-corrected chi connectivity index (χ2v) is 6.05. The molecule has 0 fully saturated rings. The highest BCUT2D eigenvalue weighted by Gasteiger charge is 2.16. The Balaban J connectivity index is 1.89. The fraction of sp³-hybridized carbons (Fsp3) is 0.200. The maximum absolute atomic E-state index is 12.5. The minimum atomic E-state index is -0.412. The van der Waals surface area contributed by atoms with Crippen LogP contribution in [0.2, 0.25) is 0 Å². The normalized spacial score (nSPS) is 10.7. The minimum Gasteiger partial charge on any atom is -0.465 e. The maximum Gasteiger partial charge on any atom is 0.340 e. The fourth-order valence-corrected chi connectivity index (χ4v) is 2.87. The molecule has 1 heterocycles. The molecule has 0 saturated carbocycles. The van der Waals surface area contributed by atoms with Gasteiger partial charge in [0.25, 0.3) is 0 Å². The number of aromatic nitrogens is 1. The number of methoxy groups -OCH3 is 1. The zero-order valence-corrected chi connectivity index (χ0v) is 14.5. The summed E-state index contributed by atoms with van der Waals surface area (Å²) >= 11 is 0.